The van der Waals surface area contributed by atoms with Crippen LogP contribution in [0.5, 0.6) is 0 Å². The molecule has 0 bridgehead atoms. The summed E-state index contributed by atoms with van der Waals surface area (Å²) in [5, 5.41) is 23.7. The number of carbonyl (C=O) groups is 2. The number of carbonyl (C=O) groups excluding carboxylic acids is 2. The van der Waals surface area contributed by atoms with Gasteiger partial charge in [-0.25, -0.2) is 9.82 Å². The molecule has 0 aliphatic carbocycles. The van der Waals surface area contributed by atoms with Crippen LogP contribution in [0, 0.1) is 34.4 Å². The fraction of sp³-hybridized carbons (Fsp3) is 0.400. The average molecular weight is 396 g/mol. The molecule has 2 amide bonds. The zero-order valence-electron chi connectivity index (χ0n) is 16.0. The molecule has 4 N–H and O–H groups in total. The van der Waals surface area contributed by atoms with Gasteiger partial charge in [-0.15, -0.1) is 0 Å². The molecule has 1 aromatic carbocycles. The van der Waals surface area contributed by atoms with Crippen molar-refractivity contribution < 1.29 is 14.0 Å². The molecule has 0 radical (unpaired) electrons. The Balaban J connectivity index is 1.75. The molecular weight excluding hydrogens is 375 g/mol. The number of nitrogens with zero attached hydrogens (tertiary/aromatic N) is 2. The van der Waals surface area contributed by atoms with Gasteiger partial charge in [0, 0.05) is 23.6 Å². The first-order valence-corrected chi connectivity index (χ1v) is 9.23. The maximum Gasteiger partial charge on any atom is 0.247 e. The summed E-state index contributed by atoms with van der Waals surface area (Å²) in [6.45, 7) is 3.86. The van der Waals surface area contributed by atoms with E-state index in [0.29, 0.717) is 17.7 Å². The van der Waals surface area contributed by atoms with Crippen LogP contribution in [0.2, 0.25) is 0 Å². The van der Waals surface area contributed by atoms with E-state index in [0.717, 1.165) is 6.07 Å². The molecule has 29 heavy (non-hydrogen) atoms. The van der Waals surface area contributed by atoms with E-state index in [2.05, 4.69) is 27.6 Å². The fourth-order valence-electron chi connectivity index (χ4n) is 3.87. The highest BCUT2D eigenvalue weighted by molar-refractivity contribution is 6.00. The van der Waals surface area contributed by atoms with Gasteiger partial charge in [0.2, 0.25) is 11.8 Å². The van der Waals surface area contributed by atoms with Gasteiger partial charge >= 0.3 is 0 Å². The Kier molecular flexibility index (Phi) is 5.92. The minimum Gasteiger partial charge on any atom is -0.349 e. The van der Waals surface area contributed by atoms with Crippen molar-refractivity contribution in [3.63, 3.8) is 0 Å². The molecule has 8 nitrogen and oxygen atoms in total. The Bertz CT molecular complexity index is 961. The summed E-state index contributed by atoms with van der Waals surface area (Å²) in [5.41, 5.74) is 7.26. The molecule has 0 aromatic heterocycles. The van der Waals surface area contributed by atoms with E-state index in [1.165, 1.54) is 12.1 Å². The van der Waals surface area contributed by atoms with Gasteiger partial charge in [0.15, 0.2) is 0 Å². The van der Waals surface area contributed by atoms with E-state index < -0.39 is 23.8 Å². The summed E-state index contributed by atoms with van der Waals surface area (Å²) >= 11 is 0. The van der Waals surface area contributed by atoms with Gasteiger partial charge in [-0.05, 0) is 26.0 Å². The predicted octanol–water partition coefficient (Wildman–Crippen LogP) is 0.696. The second kappa shape index (κ2) is 8.39. The summed E-state index contributed by atoms with van der Waals surface area (Å²) in [5.74, 6) is -1.59. The molecule has 1 aromatic rings. The molecular formula is C20H21FN6O2. The lowest BCUT2D eigenvalue weighted by atomic mass is 9.79. The normalized spacial score (nSPS) is 24.6. The van der Waals surface area contributed by atoms with Gasteiger partial charge in [0.1, 0.15) is 11.9 Å². The number of nitrogens with one attached hydrogen (secondary N) is 4. The third kappa shape index (κ3) is 4.11. The topological polar surface area (TPSA) is 130 Å². The molecule has 150 valence electrons. The lowest BCUT2D eigenvalue weighted by molar-refractivity contribution is -0.124. The van der Waals surface area contributed by atoms with E-state index in [-0.39, 0.29) is 35.4 Å². The van der Waals surface area contributed by atoms with E-state index in [1.807, 2.05) is 6.07 Å². The van der Waals surface area contributed by atoms with E-state index >= 15 is 0 Å². The fourth-order valence-corrected chi connectivity index (χ4v) is 3.87. The smallest absolute Gasteiger partial charge is 0.247 e. The summed E-state index contributed by atoms with van der Waals surface area (Å²) < 4.78 is 14.2. The average Bonchev–Trinajstić information content (AvgIpc) is 2.70. The minimum atomic E-state index is -0.636. The number of halogens is 1. The van der Waals surface area contributed by atoms with Gasteiger partial charge in [0.25, 0.3) is 0 Å². The zero-order chi connectivity index (χ0) is 21.1. The van der Waals surface area contributed by atoms with E-state index in [9.17, 15) is 19.2 Å². The predicted molar refractivity (Wildman–Crippen MR) is 101 cm³/mol. The molecule has 1 saturated heterocycles. The van der Waals surface area contributed by atoms with Crippen molar-refractivity contribution >= 4 is 11.8 Å². The summed E-state index contributed by atoms with van der Waals surface area (Å²) in [7, 11) is 0. The van der Waals surface area contributed by atoms with Gasteiger partial charge < -0.3 is 10.6 Å². The Hall–Kier alpha value is -3.27. The van der Waals surface area contributed by atoms with Crippen molar-refractivity contribution in [3.05, 3.63) is 46.3 Å². The number of nitriles is 2. The maximum atomic E-state index is 14.2. The summed E-state index contributed by atoms with van der Waals surface area (Å²) in [6, 6.07) is 6.69. The highest BCUT2D eigenvalue weighted by Gasteiger charge is 2.41. The van der Waals surface area contributed by atoms with Gasteiger partial charge in [-0.2, -0.15) is 10.5 Å². The zero-order valence-corrected chi connectivity index (χ0v) is 16.0. The van der Waals surface area contributed by atoms with Crippen LogP contribution in [0.3, 0.4) is 0 Å². The Morgan fingerprint density at radius 2 is 2.17 bits per heavy atom. The monoisotopic (exact) mass is 396 g/mol. The lowest BCUT2D eigenvalue weighted by Crippen LogP contribution is -2.64. The van der Waals surface area contributed by atoms with Crippen LogP contribution in [0.4, 0.5) is 4.39 Å². The van der Waals surface area contributed by atoms with Crippen molar-refractivity contribution in [3.8, 4) is 12.1 Å². The number of rotatable bonds is 4. The number of fused-ring (bicyclic) bond motifs is 1. The SMILES string of the molecule is CC1=C(CC(=O)N[C@@H](C)c2ccc(C#N)cc2F)C(=O)NC2CNNC(C#N)C12. The van der Waals surface area contributed by atoms with Crippen LogP contribution in [0.1, 0.15) is 37.4 Å². The van der Waals surface area contributed by atoms with Crippen LogP contribution in [0.25, 0.3) is 0 Å². The van der Waals surface area contributed by atoms with Crippen LogP contribution in [0.15, 0.2) is 29.3 Å². The highest BCUT2D eigenvalue weighted by atomic mass is 19.1. The number of amides is 2. The maximum absolute atomic E-state index is 14.2. The number of benzene rings is 1. The molecule has 9 heteroatoms. The van der Waals surface area contributed by atoms with E-state index in [1.54, 1.807) is 13.8 Å². The molecule has 3 unspecified atom stereocenters. The van der Waals surface area contributed by atoms with Crippen molar-refractivity contribution in [1.29, 1.82) is 10.5 Å². The first kappa shape index (κ1) is 20.5. The van der Waals surface area contributed by atoms with Gasteiger partial charge in [-0.3, -0.25) is 15.0 Å². The van der Waals surface area contributed by atoms with Crippen LogP contribution >= 0.6 is 0 Å². The number of hydrogen-bond acceptors (Lipinski definition) is 6. The van der Waals surface area contributed by atoms with Gasteiger partial charge in [-0.1, -0.05) is 11.6 Å². The largest absolute Gasteiger partial charge is 0.349 e. The molecule has 1 fully saturated rings. The van der Waals surface area contributed by atoms with Crippen molar-refractivity contribution in [1.82, 2.24) is 21.5 Å². The van der Waals surface area contributed by atoms with Crippen LogP contribution in [-0.2, 0) is 9.59 Å². The van der Waals surface area contributed by atoms with Crippen molar-refractivity contribution in [2.24, 2.45) is 5.92 Å². The van der Waals surface area contributed by atoms with Crippen molar-refractivity contribution in [2.75, 3.05) is 6.54 Å². The Morgan fingerprint density at radius 1 is 1.41 bits per heavy atom. The van der Waals surface area contributed by atoms with E-state index in [4.69, 9.17) is 5.26 Å². The quantitative estimate of drug-likeness (QED) is 0.593. The molecule has 0 spiro atoms. The highest BCUT2D eigenvalue weighted by Crippen LogP contribution is 2.30. The second-order valence-corrected chi connectivity index (χ2v) is 7.21. The molecule has 0 saturated carbocycles. The lowest BCUT2D eigenvalue weighted by Gasteiger charge is -2.41. The molecule has 2 aliphatic rings. The number of hydrazine groups is 1. The molecule has 2 heterocycles. The number of hydrogen-bond donors (Lipinski definition) is 4. The Labute approximate surface area is 167 Å². The third-order valence-corrected chi connectivity index (χ3v) is 5.39. The summed E-state index contributed by atoms with van der Waals surface area (Å²) in [4.78, 5) is 25.0. The van der Waals surface area contributed by atoms with Crippen LogP contribution in [-0.4, -0.2) is 30.4 Å². The standard InChI is InChI=1S/C20H21FN6O2/c1-10-14(20(29)26-17-9-24-27-16(8-23)19(10)17)6-18(28)25-11(2)13-4-3-12(7-22)5-15(13)21/h3-5,11,16-17,19,24,27H,6,9H2,1-2H3,(H,25,28)(H,26,29)/t11-,16?,17?,19?/m0/s1. The summed E-state index contributed by atoms with van der Waals surface area (Å²) in [6.07, 6.45) is -0.172. The third-order valence-electron chi connectivity index (χ3n) is 5.39. The molecule has 3 rings (SSSR count). The first-order valence-electron chi connectivity index (χ1n) is 9.23. The first-order chi connectivity index (χ1) is 13.8. The molecule has 2 aliphatic heterocycles. The minimum absolute atomic E-state index is 0.172. The van der Waals surface area contributed by atoms with Crippen molar-refractivity contribution in [2.45, 2.75) is 38.4 Å². The van der Waals surface area contributed by atoms with Crippen LogP contribution < -0.4 is 21.5 Å². The molecule has 4 atom stereocenters. The second-order valence-electron chi connectivity index (χ2n) is 7.21. The Morgan fingerprint density at radius 3 is 2.83 bits per heavy atom. The van der Waals surface area contributed by atoms with Gasteiger partial charge in [0.05, 0.1) is 36.2 Å².